The predicted octanol–water partition coefficient (Wildman–Crippen LogP) is 3.16. The highest BCUT2D eigenvalue weighted by Gasteiger charge is 2.33. The fourth-order valence-electron chi connectivity index (χ4n) is 4.09. The summed E-state index contributed by atoms with van der Waals surface area (Å²) in [6.07, 6.45) is 1.32. The monoisotopic (exact) mass is 523 g/mol. The number of hydrogen-bond acceptors (Lipinski definition) is 5. The number of carbonyl (C=O) groups is 2. The summed E-state index contributed by atoms with van der Waals surface area (Å²) in [4.78, 5) is 28.5. The highest BCUT2D eigenvalue weighted by molar-refractivity contribution is 7.92. The number of sulfonamides is 1. The van der Waals surface area contributed by atoms with Crippen LogP contribution in [0.5, 0.6) is 5.75 Å². The van der Waals surface area contributed by atoms with Crippen molar-refractivity contribution in [3.63, 3.8) is 0 Å². The van der Waals surface area contributed by atoms with Crippen molar-refractivity contribution in [3.8, 4) is 5.75 Å². The average molecular weight is 524 g/mol. The molecule has 8 nitrogen and oxygen atoms in total. The van der Waals surface area contributed by atoms with Crippen molar-refractivity contribution in [2.24, 2.45) is 0 Å². The Morgan fingerprint density at radius 1 is 0.946 bits per heavy atom. The van der Waals surface area contributed by atoms with Crippen LogP contribution in [0.4, 0.5) is 5.69 Å². The van der Waals surface area contributed by atoms with Gasteiger partial charge in [0.2, 0.25) is 21.8 Å². The third-order valence-electron chi connectivity index (χ3n) is 6.00. The Hall–Kier alpha value is -3.85. The quantitative estimate of drug-likeness (QED) is 0.417. The van der Waals surface area contributed by atoms with Crippen molar-refractivity contribution in [2.75, 3.05) is 31.3 Å². The molecule has 9 heteroatoms. The van der Waals surface area contributed by atoms with Gasteiger partial charge < -0.3 is 15.0 Å². The average Bonchev–Trinajstić information content (AvgIpc) is 2.89. The number of benzene rings is 3. The molecule has 0 aliphatic heterocycles. The largest absolute Gasteiger partial charge is 0.495 e. The Labute approximate surface area is 218 Å². The van der Waals surface area contributed by atoms with Crippen LogP contribution in [0.25, 0.3) is 0 Å². The van der Waals surface area contributed by atoms with E-state index in [9.17, 15) is 18.0 Å². The maximum absolute atomic E-state index is 13.9. The van der Waals surface area contributed by atoms with Gasteiger partial charge in [0, 0.05) is 20.0 Å². The van der Waals surface area contributed by atoms with Gasteiger partial charge in [0.25, 0.3) is 0 Å². The molecule has 1 N–H and O–H groups in total. The summed E-state index contributed by atoms with van der Waals surface area (Å²) < 4.78 is 32.2. The molecule has 0 heterocycles. The summed E-state index contributed by atoms with van der Waals surface area (Å²) in [5.74, 6) is -0.528. The second kappa shape index (κ2) is 12.4. The van der Waals surface area contributed by atoms with E-state index < -0.39 is 28.5 Å². The van der Waals surface area contributed by atoms with E-state index in [1.165, 1.54) is 19.1 Å². The number of nitrogens with zero attached hydrogens (tertiary/aromatic N) is 2. The number of carbonyl (C=O) groups excluding carboxylic acids is 2. The fraction of sp³-hybridized carbons (Fsp3) is 0.286. The summed E-state index contributed by atoms with van der Waals surface area (Å²) in [6, 6.07) is 23.0. The maximum Gasteiger partial charge on any atom is 0.244 e. The molecule has 196 valence electrons. The summed E-state index contributed by atoms with van der Waals surface area (Å²) >= 11 is 0. The van der Waals surface area contributed by atoms with E-state index in [0.717, 1.165) is 27.3 Å². The van der Waals surface area contributed by atoms with Gasteiger partial charge in [-0.05, 0) is 35.7 Å². The topological polar surface area (TPSA) is 96.0 Å². The Morgan fingerprint density at radius 2 is 1.54 bits per heavy atom. The van der Waals surface area contributed by atoms with Crippen molar-refractivity contribution < 1.29 is 22.7 Å². The van der Waals surface area contributed by atoms with Crippen molar-refractivity contribution in [3.05, 3.63) is 95.6 Å². The zero-order valence-corrected chi connectivity index (χ0v) is 22.4. The van der Waals surface area contributed by atoms with E-state index in [-0.39, 0.29) is 24.6 Å². The smallest absolute Gasteiger partial charge is 0.244 e. The summed E-state index contributed by atoms with van der Waals surface area (Å²) in [5.41, 5.74) is 2.77. The molecular weight excluding hydrogens is 490 g/mol. The van der Waals surface area contributed by atoms with Crippen molar-refractivity contribution in [1.82, 2.24) is 10.2 Å². The van der Waals surface area contributed by atoms with Crippen LogP contribution >= 0.6 is 0 Å². The standard InChI is InChI=1S/C28H33N3O5S/c1-21-15-16-26(36-3)24(17-21)31(37(4,34)35)20-27(32)30(19-23-13-9-6-10-14-23)25(28(33)29-2)18-22-11-7-5-8-12-22/h5-17,25H,18-20H2,1-4H3,(H,29,33)/t25-/m1/s1. The van der Waals surface area contributed by atoms with Crippen LogP contribution in [0.1, 0.15) is 16.7 Å². The number of anilines is 1. The molecule has 0 radical (unpaired) electrons. The van der Waals surface area contributed by atoms with Crippen LogP contribution in [0.15, 0.2) is 78.9 Å². The van der Waals surface area contributed by atoms with Gasteiger partial charge in [0.05, 0.1) is 19.1 Å². The van der Waals surface area contributed by atoms with E-state index >= 15 is 0 Å². The lowest BCUT2D eigenvalue weighted by Crippen LogP contribution is -2.52. The van der Waals surface area contributed by atoms with E-state index in [0.29, 0.717) is 5.75 Å². The third kappa shape index (κ3) is 7.33. The Morgan fingerprint density at radius 3 is 2.08 bits per heavy atom. The third-order valence-corrected chi connectivity index (χ3v) is 7.12. The van der Waals surface area contributed by atoms with Gasteiger partial charge in [-0.1, -0.05) is 66.7 Å². The molecule has 3 aromatic rings. The lowest BCUT2D eigenvalue weighted by molar-refractivity contribution is -0.139. The number of likely N-dealkylation sites (N-methyl/N-ethyl adjacent to an activating group) is 1. The van der Waals surface area contributed by atoms with E-state index in [2.05, 4.69) is 5.32 Å². The maximum atomic E-state index is 13.9. The van der Waals surface area contributed by atoms with Gasteiger partial charge in [0.1, 0.15) is 18.3 Å². The molecule has 0 aromatic heterocycles. The molecule has 37 heavy (non-hydrogen) atoms. The molecule has 0 aliphatic carbocycles. The molecule has 0 aliphatic rings. The first-order valence-electron chi connectivity index (χ1n) is 11.8. The number of amides is 2. The number of hydrogen-bond donors (Lipinski definition) is 1. The molecule has 0 fully saturated rings. The molecule has 3 rings (SSSR count). The molecule has 3 aromatic carbocycles. The van der Waals surface area contributed by atoms with Gasteiger partial charge in [-0.25, -0.2) is 8.42 Å². The Bertz CT molecular complexity index is 1310. The first-order valence-corrected chi connectivity index (χ1v) is 13.7. The SMILES string of the molecule is CNC(=O)[C@@H](Cc1ccccc1)N(Cc1ccccc1)C(=O)CN(c1cc(C)ccc1OC)S(C)(=O)=O. The number of ether oxygens (including phenoxy) is 1. The van der Waals surface area contributed by atoms with Gasteiger partial charge >= 0.3 is 0 Å². The number of methoxy groups -OCH3 is 1. The Kier molecular flexibility index (Phi) is 9.30. The van der Waals surface area contributed by atoms with Crippen LogP contribution in [0.2, 0.25) is 0 Å². The van der Waals surface area contributed by atoms with Crippen LogP contribution < -0.4 is 14.4 Å². The molecule has 0 unspecified atom stereocenters. The van der Waals surface area contributed by atoms with Gasteiger partial charge in [-0.15, -0.1) is 0 Å². The first-order chi connectivity index (χ1) is 17.6. The summed E-state index contributed by atoms with van der Waals surface area (Å²) in [6.45, 7) is 1.47. The number of rotatable bonds is 11. The van der Waals surface area contributed by atoms with Gasteiger partial charge in [-0.3, -0.25) is 13.9 Å². The first kappa shape index (κ1) is 27.7. The highest BCUT2D eigenvalue weighted by atomic mass is 32.2. The molecule has 0 saturated carbocycles. The normalized spacial score (nSPS) is 11.9. The molecule has 0 spiro atoms. The Balaban J connectivity index is 2.05. The molecular formula is C28H33N3O5S. The van der Waals surface area contributed by atoms with Crippen LogP contribution in [0.3, 0.4) is 0 Å². The van der Waals surface area contributed by atoms with Crippen LogP contribution in [-0.4, -0.2) is 58.1 Å². The fourth-order valence-corrected chi connectivity index (χ4v) is 4.94. The van der Waals surface area contributed by atoms with Gasteiger partial charge in [-0.2, -0.15) is 0 Å². The minimum atomic E-state index is -3.87. The second-order valence-corrected chi connectivity index (χ2v) is 10.7. The summed E-state index contributed by atoms with van der Waals surface area (Å²) in [7, 11) is -0.910. The minimum Gasteiger partial charge on any atom is -0.495 e. The molecule has 2 amide bonds. The summed E-state index contributed by atoms with van der Waals surface area (Å²) in [5, 5.41) is 2.66. The van der Waals surface area contributed by atoms with E-state index in [4.69, 9.17) is 4.74 Å². The molecule has 0 saturated heterocycles. The van der Waals surface area contributed by atoms with Crippen molar-refractivity contribution in [2.45, 2.75) is 25.9 Å². The number of aryl methyl sites for hydroxylation is 1. The zero-order valence-electron chi connectivity index (χ0n) is 21.5. The van der Waals surface area contributed by atoms with Gasteiger partial charge in [0.15, 0.2) is 0 Å². The predicted molar refractivity (Wildman–Crippen MR) is 145 cm³/mol. The van der Waals surface area contributed by atoms with Crippen molar-refractivity contribution >= 4 is 27.5 Å². The van der Waals surface area contributed by atoms with E-state index in [1.54, 1.807) is 18.2 Å². The van der Waals surface area contributed by atoms with Crippen LogP contribution in [-0.2, 0) is 32.6 Å². The lowest BCUT2D eigenvalue weighted by atomic mass is 10.0. The minimum absolute atomic E-state index is 0.132. The van der Waals surface area contributed by atoms with Crippen molar-refractivity contribution in [1.29, 1.82) is 0 Å². The zero-order chi connectivity index (χ0) is 27.0. The number of nitrogens with one attached hydrogen (secondary N) is 1. The second-order valence-electron chi connectivity index (χ2n) is 8.77. The van der Waals surface area contributed by atoms with Crippen LogP contribution in [0, 0.1) is 6.92 Å². The van der Waals surface area contributed by atoms with E-state index in [1.807, 2.05) is 67.6 Å². The molecule has 1 atom stereocenters. The lowest BCUT2D eigenvalue weighted by Gasteiger charge is -2.33. The highest BCUT2D eigenvalue weighted by Crippen LogP contribution is 2.31. The molecule has 0 bridgehead atoms.